The Balaban J connectivity index is 1.12. The van der Waals surface area contributed by atoms with E-state index in [1.807, 2.05) is 29.6 Å². The molecule has 204 valence electrons. The minimum atomic E-state index is -1.01. The third-order valence-electron chi connectivity index (χ3n) is 8.15. The van der Waals surface area contributed by atoms with E-state index in [9.17, 15) is 14.7 Å². The lowest BCUT2D eigenvalue weighted by Crippen LogP contribution is -2.57. The van der Waals surface area contributed by atoms with E-state index in [0.29, 0.717) is 50.0 Å². The summed E-state index contributed by atoms with van der Waals surface area (Å²) in [6.07, 6.45) is 2.02. The first-order chi connectivity index (χ1) is 18.9. The number of aliphatic carboxylic acids is 1. The molecular weight excluding hydrogens is 584 g/mol. The van der Waals surface area contributed by atoms with E-state index in [2.05, 4.69) is 45.2 Å². The molecule has 1 amide bonds. The number of carbonyl (C=O) groups excluding carboxylic acids is 1. The summed E-state index contributed by atoms with van der Waals surface area (Å²) in [6, 6.07) is 16.6. The van der Waals surface area contributed by atoms with Crippen LogP contribution in [0, 0.1) is 0 Å². The Kier molecular flexibility index (Phi) is 7.22. The van der Waals surface area contributed by atoms with Crippen molar-refractivity contribution in [3.63, 3.8) is 0 Å². The summed E-state index contributed by atoms with van der Waals surface area (Å²) in [5.74, 6) is -1.00. The standard InChI is InChI=1S/C29H29BrN2O6S/c30-24-17-39-26(31-24)29(38-16-25(33)34)11-9-28(10-12-29)18-32(13-14-37-28)27(35)36-15-23-21-7-3-1-5-19(21)20-6-2-4-8-22(20)23/h1-8,17,23H,9-16,18H2,(H,33,34). The van der Waals surface area contributed by atoms with Gasteiger partial charge in [-0.25, -0.2) is 14.6 Å². The van der Waals surface area contributed by atoms with Gasteiger partial charge in [-0.1, -0.05) is 48.5 Å². The number of carboxylic acid groups (broad SMARTS) is 1. The number of fused-ring (bicyclic) bond motifs is 3. The zero-order valence-corrected chi connectivity index (χ0v) is 23.7. The van der Waals surface area contributed by atoms with Gasteiger partial charge in [-0.15, -0.1) is 11.3 Å². The number of aromatic nitrogens is 1. The third kappa shape index (κ3) is 5.11. The molecule has 3 aliphatic rings. The van der Waals surface area contributed by atoms with E-state index in [-0.39, 0.29) is 18.6 Å². The average Bonchev–Trinajstić information content (AvgIpc) is 3.53. The number of amides is 1. The lowest BCUT2D eigenvalue weighted by atomic mass is 9.75. The Morgan fingerprint density at radius 3 is 2.36 bits per heavy atom. The van der Waals surface area contributed by atoms with Crippen LogP contribution < -0.4 is 0 Å². The number of thiazole rings is 1. The molecule has 0 unspecified atom stereocenters. The molecule has 2 aliphatic carbocycles. The maximum atomic E-state index is 13.3. The monoisotopic (exact) mass is 612 g/mol. The predicted molar refractivity (Wildman–Crippen MR) is 149 cm³/mol. The molecule has 2 aromatic carbocycles. The van der Waals surface area contributed by atoms with E-state index < -0.39 is 23.8 Å². The lowest BCUT2D eigenvalue weighted by Gasteiger charge is -2.49. The first-order valence-electron chi connectivity index (χ1n) is 13.1. The number of hydrogen-bond acceptors (Lipinski definition) is 7. The molecule has 1 saturated carbocycles. The molecule has 1 aliphatic heterocycles. The van der Waals surface area contributed by atoms with E-state index >= 15 is 0 Å². The van der Waals surface area contributed by atoms with Crippen LogP contribution in [-0.4, -0.2) is 65.6 Å². The van der Waals surface area contributed by atoms with Crippen molar-refractivity contribution in [2.75, 3.05) is 32.9 Å². The van der Waals surface area contributed by atoms with Gasteiger partial charge in [0.2, 0.25) is 0 Å². The van der Waals surface area contributed by atoms with Crippen LogP contribution >= 0.6 is 27.3 Å². The van der Waals surface area contributed by atoms with Gasteiger partial charge in [-0.3, -0.25) is 0 Å². The third-order valence-corrected chi connectivity index (χ3v) is 9.89. The number of morpholine rings is 1. The summed E-state index contributed by atoms with van der Waals surface area (Å²) in [5.41, 5.74) is 3.46. The number of benzene rings is 2. The Hall–Kier alpha value is -2.79. The molecule has 2 heterocycles. The number of carboxylic acids is 1. The Bertz CT molecular complexity index is 1340. The van der Waals surface area contributed by atoms with Crippen molar-refractivity contribution in [1.82, 2.24) is 9.88 Å². The summed E-state index contributed by atoms with van der Waals surface area (Å²) >= 11 is 4.85. The summed E-state index contributed by atoms with van der Waals surface area (Å²) in [6.45, 7) is 1.22. The molecule has 0 bridgehead atoms. The van der Waals surface area contributed by atoms with Gasteiger partial charge in [0, 0.05) is 17.8 Å². The van der Waals surface area contributed by atoms with Crippen LogP contribution in [0.4, 0.5) is 4.79 Å². The molecule has 1 N–H and O–H groups in total. The molecule has 8 nitrogen and oxygen atoms in total. The molecule has 10 heteroatoms. The molecule has 2 fully saturated rings. The summed E-state index contributed by atoms with van der Waals surface area (Å²) in [5, 5.41) is 11.9. The van der Waals surface area contributed by atoms with Gasteiger partial charge in [0.15, 0.2) is 0 Å². The van der Waals surface area contributed by atoms with Crippen LogP contribution in [0.5, 0.6) is 0 Å². The van der Waals surface area contributed by atoms with Crippen LogP contribution in [0.15, 0.2) is 58.5 Å². The maximum absolute atomic E-state index is 13.3. The number of hydrogen-bond donors (Lipinski definition) is 1. The molecular formula is C29H29BrN2O6S. The predicted octanol–water partition coefficient (Wildman–Crippen LogP) is 5.80. The molecule has 0 atom stereocenters. The summed E-state index contributed by atoms with van der Waals surface area (Å²) < 4.78 is 18.9. The van der Waals surface area contributed by atoms with Crippen LogP contribution in [-0.2, 0) is 24.6 Å². The lowest BCUT2D eigenvalue weighted by molar-refractivity contribution is -0.176. The quantitative estimate of drug-likeness (QED) is 0.376. The SMILES string of the molecule is O=C(O)COC1(c2nc(Br)cs2)CCC2(CC1)CN(C(=O)OCC1c3ccccc3-c3ccccc31)CCO2. The topological polar surface area (TPSA) is 98.2 Å². The van der Waals surface area contributed by atoms with Gasteiger partial charge in [0.1, 0.15) is 28.4 Å². The Morgan fingerprint density at radius 1 is 1.08 bits per heavy atom. The number of ether oxygens (including phenoxy) is 3. The minimum absolute atomic E-state index is 0.00986. The van der Waals surface area contributed by atoms with Gasteiger partial charge >= 0.3 is 12.1 Å². The molecule has 1 aromatic heterocycles. The normalized spacial score (nSPS) is 24.4. The van der Waals surface area contributed by atoms with Crippen LogP contribution in [0.2, 0.25) is 0 Å². The minimum Gasteiger partial charge on any atom is -0.480 e. The van der Waals surface area contributed by atoms with Crippen molar-refractivity contribution in [3.8, 4) is 11.1 Å². The highest BCUT2D eigenvalue weighted by Gasteiger charge is 2.49. The average molecular weight is 614 g/mol. The van der Waals surface area contributed by atoms with Crippen molar-refractivity contribution in [2.24, 2.45) is 0 Å². The van der Waals surface area contributed by atoms with E-state index in [1.165, 1.54) is 33.6 Å². The van der Waals surface area contributed by atoms with Crippen LogP contribution in [0.3, 0.4) is 0 Å². The van der Waals surface area contributed by atoms with Crippen molar-refractivity contribution in [3.05, 3.63) is 74.6 Å². The highest BCUT2D eigenvalue weighted by molar-refractivity contribution is 9.10. The first-order valence-corrected chi connectivity index (χ1v) is 14.8. The maximum Gasteiger partial charge on any atom is 0.409 e. The number of nitrogens with zero attached hydrogens (tertiary/aromatic N) is 2. The fourth-order valence-corrected chi connectivity index (χ4v) is 7.65. The van der Waals surface area contributed by atoms with Gasteiger partial charge < -0.3 is 24.2 Å². The van der Waals surface area contributed by atoms with E-state index in [0.717, 1.165) is 5.01 Å². The van der Waals surface area contributed by atoms with E-state index in [1.54, 1.807) is 4.90 Å². The summed E-state index contributed by atoms with van der Waals surface area (Å²) in [7, 11) is 0. The van der Waals surface area contributed by atoms with Crippen LogP contribution in [0.25, 0.3) is 11.1 Å². The molecule has 3 aromatic rings. The molecule has 0 radical (unpaired) electrons. The first kappa shape index (κ1) is 26.4. The Labute approximate surface area is 239 Å². The van der Waals surface area contributed by atoms with Crippen LogP contribution in [0.1, 0.15) is 47.7 Å². The van der Waals surface area contributed by atoms with Crippen molar-refractivity contribution in [2.45, 2.75) is 42.8 Å². The number of halogens is 1. The Morgan fingerprint density at radius 2 is 1.74 bits per heavy atom. The highest BCUT2D eigenvalue weighted by Crippen LogP contribution is 2.48. The fourth-order valence-electron chi connectivity index (χ4n) is 6.18. The highest BCUT2D eigenvalue weighted by atomic mass is 79.9. The van der Waals surface area contributed by atoms with Gasteiger partial charge in [-0.05, 0) is 63.9 Å². The molecule has 39 heavy (non-hydrogen) atoms. The second-order valence-electron chi connectivity index (χ2n) is 10.4. The van der Waals surface area contributed by atoms with Gasteiger partial charge in [0.25, 0.3) is 0 Å². The van der Waals surface area contributed by atoms with Crippen molar-refractivity contribution >= 4 is 39.3 Å². The molecule has 1 spiro atoms. The molecule has 1 saturated heterocycles. The van der Waals surface area contributed by atoms with Gasteiger partial charge in [-0.2, -0.15) is 0 Å². The molecule has 6 rings (SSSR count). The zero-order chi connectivity index (χ0) is 27.0. The van der Waals surface area contributed by atoms with Crippen molar-refractivity contribution < 1.29 is 28.9 Å². The second-order valence-corrected chi connectivity index (χ2v) is 12.1. The largest absolute Gasteiger partial charge is 0.480 e. The van der Waals surface area contributed by atoms with Crippen molar-refractivity contribution in [1.29, 1.82) is 0 Å². The summed E-state index contributed by atoms with van der Waals surface area (Å²) in [4.78, 5) is 30.9. The number of carbonyl (C=O) groups is 2. The fraction of sp³-hybridized carbons (Fsp3) is 0.414. The number of rotatable bonds is 6. The van der Waals surface area contributed by atoms with E-state index in [4.69, 9.17) is 14.2 Å². The smallest absolute Gasteiger partial charge is 0.409 e. The second kappa shape index (κ2) is 10.6. The zero-order valence-electron chi connectivity index (χ0n) is 21.3. The van der Waals surface area contributed by atoms with Gasteiger partial charge in [0.05, 0.1) is 18.8 Å².